The van der Waals surface area contributed by atoms with Gasteiger partial charge in [-0.2, -0.15) is 0 Å². The van der Waals surface area contributed by atoms with Crippen LogP contribution in [0.15, 0.2) is 30.3 Å². The Labute approximate surface area is 111 Å². The minimum atomic E-state index is -1.61. The summed E-state index contributed by atoms with van der Waals surface area (Å²) in [6.45, 7) is 0. The number of rotatable bonds is 3. The summed E-state index contributed by atoms with van der Waals surface area (Å²) in [6.07, 6.45) is 0. The van der Waals surface area contributed by atoms with Crippen LogP contribution in [0.3, 0.4) is 0 Å². The zero-order chi connectivity index (χ0) is 14.9. The van der Waals surface area contributed by atoms with Crippen molar-refractivity contribution in [2.24, 2.45) is 0 Å². The maximum Gasteiger partial charge on any atom is 0.315 e. The quantitative estimate of drug-likeness (QED) is 0.392. The van der Waals surface area contributed by atoms with Crippen molar-refractivity contribution in [2.45, 2.75) is 0 Å². The normalized spacial score (nSPS) is 10.3. The fourth-order valence-corrected chi connectivity index (χ4v) is 1.65. The summed E-state index contributed by atoms with van der Waals surface area (Å²) in [7, 11) is 0. The van der Waals surface area contributed by atoms with Crippen molar-refractivity contribution in [1.29, 1.82) is 0 Å². The predicted octanol–water partition coefficient (Wildman–Crippen LogP) is 3.34. The molecule has 0 amide bonds. The molecule has 0 bridgehead atoms. The van der Waals surface area contributed by atoms with Crippen molar-refractivity contribution in [3.05, 3.63) is 57.9 Å². The van der Waals surface area contributed by atoms with E-state index >= 15 is 0 Å². The summed E-state index contributed by atoms with van der Waals surface area (Å²) in [5.74, 6) is -4.42. The molecule has 0 radical (unpaired) electrons. The summed E-state index contributed by atoms with van der Waals surface area (Å²) in [5.41, 5.74) is 4.70. The van der Waals surface area contributed by atoms with Gasteiger partial charge < -0.3 is 11.1 Å². The lowest BCUT2D eigenvalue weighted by Crippen LogP contribution is -2.02. The molecule has 0 unspecified atom stereocenters. The molecule has 0 saturated heterocycles. The minimum absolute atomic E-state index is 0.0552. The van der Waals surface area contributed by atoms with Crippen LogP contribution in [0, 0.1) is 27.6 Å². The molecule has 8 heteroatoms. The molecule has 0 saturated carbocycles. The van der Waals surface area contributed by atoms with E-state index in [-0.39, 0.29) is 17.1 Å². The molecule has 0 spiro atoms. The maximum atomic E-state index is 13.1. The highest BCUT2D eigenvalue weighted by Crippen LogP contribution is 2.33. The molecular formula is C12H8F3N3O2. The number of nitrogens with one attached hydrogen (secondary N) is 1. The van der Waals surface area contributed by atoms with Crippen LogP contribution in [0.4, 0.5) is 35.9 Å². The van der Waals surface area contributed by atoms with Crippen LogP contribution in [0.25, 0.3) is 0 Å². The molecule has 0 aromatic heterocycles. The molecule has 0 atom stereocenters. The molecule has 3 N–H and O–H groups in total. The van der Waals surface area contributed by atoms with Crippen molar-refractivity contribution in [2.75, 3.05) is 11.1 Å². The van der Waals surface area contributed by atoms with Crippen LogP contribution >= 0.6 is 0 Å². The van der Waals surface area contributed by atoms with Gasteiger partial charge in [0.25, 0.3) is 0 Å². The molecule has 5 nitrogen and oxygen atoms in total. The number of nitrogens with zero attached hydrogens (tertiary/aromatic N) is 1. The maximum absolute atomic E-state index is 13.1. The second-order valence-corrected chi connectivity index (χ2v) is 3.88. The number of benzene rings is 2. The number of para-hydroxylation sites is 1. The number of hydrogen-bond acceptors (Lipinski definition) is 4. The number of nitrogen functional groups attached to an aromatic ring is 1. The average Bonchev–Trinajstić information content (AvgIpc) is 2.35. The Morgan fingerprint density at radius 1 is 1.15 bits per heavy atom. The van der Waals surface area contributed by atoms with Crippen LogP contribution in [0.2, 0.25) is 0 Å². The summed E-state index contributed by atoms with van der Waals surface area (Å²) in [4.78, 5) is 10.2. The lowest BCUT2D eigenvalue weighted by molar-refractivity contribution is -0.383. The molecule has 20 heavy (non-hydrogen) atoms. The van der Waals surface area contributed by atoms with Crippen LogP contribution in [0.5, 0.6) is 0 Å². The number of nitro benzene ring substituents is 1. The second-order valence-electron chi connectivity index (χ2n) is 3.88. The van der Waals surface area contributed by atoms with E-state index in [4.69, 9.17) is 5.73 Å². The van der Waals surface area contributed by atoms with E-state index < -0.39 is 28.1 Å². The van der Waals surface area contributed by atoms with E-state index in [2.05, 4.69) is 5.32 Å². The highest BCUT2D eigenvalue weighted by Gasteiger charge is 2.19. The number of hydrogen-bond donors (Lipinski definition) is 2. The SMILES string of the molecule is Nc1cccc(Nc2cc(F)c(F)c(F)c2)c1[N+](=O)[O-]. The number of anilines is 3. The van der Waals surface area contributed by atoms with E-state index in [1.54, 1.807) is 0 Å². The first-order chi connectivity index (χ1) is 9.40. The number of nitro groups is 1. The lowest BCUT2D eigenvalue weighted by atomic mass is 10.2. The van der Waals surface area contributed by atoms with E-state index in [1.807, 2.05) is 0 Å². The Morgan fingerprint density at radius 2 is 1.75 bits per heavy atom. The highest BCUT2D eigenvalue weighted by molar-refractivity contribution is 5.78. The van der Waals surface area contributed by atoms with Crippen LogP contribution in [-0.4, -0.2) is 4.92 Å². The van der Waals surface area contributed by atoms with Gasteiger partial charge in [0, 0.05) is 17.8 Å². The molecule has 0 heterocycles. The van der Waals surface area contributed by atoms with Gasteiger partial charge in [0.05, 0.1) is 4.92 Å². The van der Waals surface area contributed by atoms with Crippen molar-refractivity contribution in [3.8, 4) is 0 Å². The van der Waals surface area contributed by atoms with Crippen LogP contribution in [0.1, 0.15) is 0 Å². The first kappa shape index (κ1) is 13.7. The fraction of sp³-hybridized carbons (Fsp3) is 0. The van der Waals surface area contributed by atoms with Gasteiger partial charge in [-0.1, -0.05) is 6.07 Å². The Morgan fingerprint density at radius 3 is 2.30 bits per heavy atom. The lowest BCUT2D eigenvalue weighted by Gasteiger charge is -2.09. The zero-order valence-corrected chi connectivity index (χ0v) is 9.86. The number of nitrogens with two attached hydrogens (primary N) is 1. The molecule has 0 aliphatic rings. The third-order valence-corrected chi connectivity index (χ3v) is 2.51. The third-order valence-electron chi connectivity index (χ3n) is 2.51. The van der Waals surface area contributed by atoms with Crippen molar-refractivity contribution >= 4 is 22.7 Å². The standard InChI is InChI=1S/C12H8F3N3O2/c13-7-4-6(5-8(14)11(7)15)17-10-3-1-2-9(16)12(10)18(19)20/h1-5,17H,16H2. The predicted molar refractivity (Wildman–Crippen MR) is 67.1 cm³/mol. The monoisotopic (exact) mass is 283 g/mol. The van der Waals surface area contributed by atoms with Gasteiger partial charge in [0.15, 0.2) is 17.5 Å². The van der Waals surface area contributed by atoms with Gasteiger partial charge in [-0.15, -0.1) is 0 Å². The summed E-state index contributed by atoms with van der Waals surface area (Å²) in [5, 5.41) is 13.3. The van der Waals surface area contributed by atoms with Crippen LogP contribution < -0.4 is 11.1 Å². The third kappa shape index (κ3) is 2.48. The molecule has 0 aliphatic heterocycles. The largest absolute Gasteiger partial charge is 0.393 e. The second kappa shape index (κ2) is 5.08. The summed E-state index contributed by atoms with van der Waals surface area (Å²) in [6, 6.07) is 5.43. The molecule has 104 valence electrons. The first-order valence-electron chi connectivity index (χ1n) is 5.34. The Bertz CT molecular complexity index is 669. The van der Waals surface area contributed by atoms with Gasteiger partial charge in [0.2, 0.25) is 0 Å². The highest BCUT2D eigenvalue weighted by atomic mass is 19.2. The van der Waals surface area contributed by atoms with Crippen LogP contribution in [-0.2, 0) is 0 Å². The van der Waals surface area contributed by atoms with Gasteiger partial charge in [-0.25, -0.2) is 13.2 Å². The summed E-state index contributed by atoms with van der Waals surface area (Å²) >= 11 is 0. The molecule has 2 rings (SSSR count). The minimum Gasteiger partial charge on any atom is -0.393 e. The van der Waals surface area contributed by atoms with Gasteiger partial charge in [0.1, 0.15) is 11.4 Å². The van der Waals surface area contributed by atoms with E-state index in [0.29, 0.717) is 12.1 Å². The van der Waals surface area contributed by atoms with E-state index in [9.17, 15) is 23.3 Å². The molecule has 0 fully saturated rings. The Balaban J connectivity index is 2.45. The van der Waals surface area contributed by atoms with Gasteiger partial charge >= 0.3 is 5.69 Å². The summed E-state index contributed by atoms with van der Waals surface area (Å²) < 4.78 is 39.0. The van der Waals surface area contributed by atoms with Gasteiger partial charge in [-0.3, -0.25) is 10.1 Å². The number of halogens is 3. The fourth-order valence-electron chi connectivity index (χ4n) is 1.65. The Kier molecular flexibility index (Phi) is 3.47. The molecule has 0 aliphatic carbocycles. The van der Waals surface area contributed by atoms with Crippen molar-refractivity contribution in [3.63, 3.8) is 0 Å². The van der Waals surface area contributed by atoms with Crippen molar-refractivity contribution < 1.29 is 18.1 Å². The average molecular weight is 283 g/mol. The first-order valence-corrected chi connectivity index (χ1v) is 5.34. The van der Waals surface area contributed by atoms with E-state index in [0.717, 1.165) is 0 Å². The molecule has 2 aromatic carbocycles. The van der Waals surface area contributed by atoms with Crippen molar-refractivity contribution in [1.82, 2.24) is 0 Å². The smallest absolute Gasteiger partial charge is 0.315 e. The molecular weight excluding hydrogens is 275 g/mol. The Hall–Kier alpha value is -2.77. The molecule has 2 aromatic rings. The van der Waals surface area contributed by atoms with E-state index in [1.165, 1.54) is 18.2 Å². The topological polar surface area (TPSA) is 81.2 Å². The zero-order valence-electron chi connectivity index (χ0n) is 9.86. The van der Waals surface area contributed by atoms with Gasteiger partial charge in [-0.05, 0) is 12.1 Å².